The monoisotopic (exact) mass is 361 g/mol. The van der Waals surface area contributed by atoms with Gasteiger partial charge in [-0.15, -0.1) is 0 Å². The van der Waals surface area contributed by atoms with Crippen molar-refractivity contribution in [3.8, 4) is 5.75 Å². The molecule has 25 heavy (non-hydrogen) atoms. The molecular weight excluding hydrogens is 342 g/mol. The predicted molar refractivity (Wildman–Crippen MR) is 97.1 cm³/mol. The van der Waals surface area contributed by atoms with E-state index in [1.807, 2.05) is 24.3 Å². The van der Waals surface area contributed by atoms with Gasteiger partial charge in [-0.25, -0.2) is 4.79 Å². The van der Waals surface area contributed by atoms with E-state index in [1.165, 1.54) is 0 Å². The first-order chi connectivity index (χ1) is 12.0. The normalized spacial score (nSPS) is 17.5. The Morgan fingerprint density at radius 1 is 1.24 bits per heavy atom. The average Bonchev–Trinajstić information content (AvgIpc) is 2.58. The molecule has 3 N–H and O–H groups in total. The van der Waals surface area contributed by atoms with Crippen molar-refractivity contribution in [3.63, 3.8) is 0 Å². The number of carbonyl (C=O) groups excluding carboxylic acids is 2. The number of amides is 3. The fourth-order valence-electron chi connectivity index (χ4n) is 2.78. The summed E-state index contributed by atoms with van der Waals surface area (Å²) < 4.78 is 17.2. The maximum atomic E-state index is 11.8. The molecule has 132 valence electrons. The van der Waals surface area contributed by atoms with E-state index in [-0.39, 0.29) is 11.7 Å². The Labute approximate surface area is 147 Å². The van der Waals surface area contributed by atoms with Gasteiger partial charge in [0, 0.05) is 33.9 Å². The van der Waals surface area contributed by atoms with Gasteiger partial charge >= 0.3 is 6.03 Å². The van der Waals surface area contributed by atoms with Gasteiger partial charge in [-0.1, -0.05) is 24.3 Å². The lowest BCUT2D eigenvalue weighted by molar-refractivity contribution is -0.128. The number of fused-ring (bicyclic) bond motifs is 1. The van der Waals surface area contributed by atoms with E-state index >= 15 is 0 Å². The summed E-state index contributed by atoms with van der Waals surface area (Å²) in [5.74, 6) is 1.18. The number of anilines is 1. The molecule has 1 heterocycles. The number of primary amides is 1. The van der Waals surface area contributed by atoms with Gasteiger partial charge in [0.1, 0.15) is 18.1 Å². The molecule has 8 heteroatoms. The molecule has 0 aromatic heterocycles. The van der Waals surface area contributed by atoms with Crippen LogP contribution in [0.15, 0.2) is 36.4 Å². The number of benzene rings is 2. The van der Waals surface area contributed by atoms with Crippen LogP contribution in [0.25, 0.3) is 10.8 Å². The number of ether oxygens (including phenoxy) is 1. The molecule has 0 saturated carbocycles. The first kappa shape index (κ1) is 17.2. The minimum Gasteiger partial charge on any atom is -0.491 e. The van der Waals surface area contributed by atoms with Gasteiger partial charge in [0.2, 0.25) is 5.91 Å². The highest BCUT2D eigenvalue weighted by Crippen LogP contribution is 2.31. The van der Waals surface area contributed by atoms with Gasteiger partial charge in [0.25, 0.3) is 0 Å². The SMILES string of the molecule is NC(=O)Nc1ccc(OCCN2CCS(=O)CC2=O)c2ccccc12. The second kappa shape index (κ2) is 7.52. The molecule has 2 aromatic carbocycles. The van der Waals surface area contributed by atoms with Crippen molar-refractivity contribution in [1.82, 2.24) is 4.90 Å². The lowest BCUT2D eigenvalue weighted by Gasteiger charge is -2.26. The number of urea groups is 1. The van der Waals surface area contributed by atoms with Crippen molar-refractivity contribution in [1.29, 1.82) is 0 Å². The highest BCUT2D eigenvalue weighted by molar-refractivity contribution is 7.85. The number of rotatable bonds is 5. The molecule has 1 aliphatic rings. The van der Waals surface area contributed by atoms with Crippen LogP contribution in [0.3, 0.4) is 0 Å². The largest absolute Gasteiger partial charge is 0.491 e. The third-order valence-electron chi connectivity index (χ3n) is 3.99. The van der Waals surface area contributed by atoms with E-state index in [2.05, 4.69) is 5.32 Å². The van der Waals surface area contributed by atoms with Gasteiger partial charge in [-0.2, -0.15) is 0 Å². The van der Waals surface area contributed by atoms with Crippen LogP contribution in [0.5, 0.6) is 5.75 Å². The number of nitrogens with two attached hydrogens (primary N) is 1. The van der Waals surface area contributed by atoms with E-state index in [0.717, 1.165) is 10.8 Å². The summed E-state index contributed by atoms with van der Waals surface area (Å²) in [6.07, 6.45) is 0. The van der Waals surface area contributed by atoms with Crippen LogP contribution in [0.4, 0.5) is 10.5 Å². The fourth-order valence-corrected chi connectivity index (χ4v) is 3.81. The van der Waals surface area contributed by atoms with Crippen LogP contribution >= 0.6 is 0 Å². The highest BCUT2D eigenvalue weighted by Gasteiger charge is 2.22. The molecule has 0 bridgehead atoms. The fraction of sp³-hybridized carbons (Fsp3) is 0.294. The van der Waals surface area contributed by atoms with Gasteiger partial charge in [0.05, 0.1) is 12.2 Å². The summed E-state index contributed by atoms with van der Waals surface area (Å²) in [5.41, 5.74) is 5.81. The number of nitrogens with zero attached hydrogens (tertiary/aromatic N) is 1. The smallest absolute Gasteiger partial charge is 0.316 e. The van der Waals surface area contributed by atoms with E-state index in [9.17, 15) is 13.8 Å². The molecule has 7 nitrogen and oxygen atoms in total. The molecule has 3 rings (SSSR count). The van der Waals surface area contributed by atoms with Crippen molar-refractivity contribution >= 4 is 39.2 Å². The molecule has 2 aromatic rings. The molecular formula is C17H19N3O4S. The van der Waals surface area contributed by atoms with Crippen LogP contribution in [0.2, 0.25) is 0 Å². The summed E-state index contributed by atoms with van der Waals surface area (Å²) in [7, 11) is -1.04. The summed E-state index contributed by atoms with van der Waals surface area (Å²) in [6, 6.07) is 10.4. The topological polar surface area (TPSA) is 102 Å². The van der Waals surface area contributed by atoms with Crippen LogP contribution in [-0.4, -0.2) is 52.2 Å². The second-order valence-corrected chi connectivity index (χ2v) is 7.24. The van der Waals surface area contributed by atoms with E-state index < -0.39 is 16.8 Å². The number of hydrogen-bond donors (Lipinski definition) is 2. The number of hydrogen-bond acceptors (Lipinski definition) is 4. The standard InChI is InChI=1S/C17H19N3O4S/c18-17(22)19-14-5-6-15(13-4-2-1-3-12(13)14)24-9-7-20-8-10-25(23)11-16(20)21/h1-6H,7-11H2,(H3,18,19,22). The van der Waals surface area contributed by atoms with E-state index in [1.54, 1.807) is 17.0 Å². The maximum absolute atomic E-state index is 11.8. The summed E-state index contributed by atoms with van der Waals surface area (Å²) >= 11 is 0. The Bertz CT molecular complexity index is 840. The van der Waals surface area contributed by atoms with Gasteiger partial charge in [-0.05, 0) is 12.1 Å². The zero-order valence-corrected chi connectivity index (χ0v) is 14.4. The van der Waals surface area contributed by atoms with Crippen molar-refractivity contribution in [3.05, 3.63) is 36.4 Å². The van der Waals surface area contributed by atoms with E-state index in [4.69, 9.17) is 10.5 Å². The van der Waals surface area contributed by atoms with Crippen molar-refractivity contribution in [2.24, 2.45) is 5.73 Å². The Morgan fingerprint density at radius 3 is 2.72 bits per heavy atom. The molecule has 3 amide bonds. The highest BCUT2D eigenvalue weighted by atomic mass is 32.2. The zero-order valence-electron chi connectivity index (χ0n) is 13.6. The first-order valence-electron chi connectivity index (χ1n) is 7.88. The average molecular weight is 361 g/mol. The Balaban J connectivity index is 1.71. The molecule has 1 unspecified atom stereocenters. The lowest BCUT2D eigenvalue weighted by Crippen LogP contribution is -2.44. The molecule has 0 aliphatic carbocycles. The Hall–Kier alpha value is -2.61. The Kier molecular flexibility index (Phi) is 5.18. The summed E-state index contributed by atoms with van der Waals surface area (Å²) in [4.78, 5) is 24.6. The second-order valence-electron chi connectivity index (χ2n) is 5.66. The van der Waals surface area contributed by atoms with Gasteiger partial charge in [0.15, 0.2) is 0 Å². The molecule has 0 radical (unpaired) electrons. The van der Waals surface area contributed by atoms with Crippen LogP contribution in [0, 0.1) is 0 Å². The third-order valence-corrected chi connectivity index (χ3v) is 5.19. The zero-order chi connectivity index (χ0) is 17.8. The van der Waals surface area contributed by atoms with Crippen molar-refractivity contribution in [2.45, 2.75) is 0 Å². The van der Waals surface area contributed by atoms with Gasteiger partial charge in [-0.3, -0.25) is 9.00 Å². The van der Waals surface area contributed by atoms with Crippen LogP contribution < -0.4 is 15.8 Å². The quantitative estimate of drug-likeness (QED) is 0.838. The minimum atomic E-state index is -1.04. The van der Waals surface area contributed by atoms with Crippen molar-refractivity contribution < 1.29 is 18.5 Å². The maximum Gasteiger partial charge on any atom is 0.316 e. The number of nitrogens with one attached hydrogen (secondary N) is 1. The van der Waals surface area contributed by atoms with E-state index in [0.29, 0.717) is 36.9 Å². The molecule has 1 atom stereocenters. The minimum absolute atomic E-state index is 0.0937. The molecule has 1 fully saturated rings. The van der Waals surface area contributed by atoms with Gasteiger partial charge < -0.3 is 20.7 Å². The molecule has 1 aliphatic heterocycles. The van der Waals surface area contributed by atoms with Crippen molar-refractivity contribution in [2.75, 3.05) is 36.5 Å². The Morgan fingerprint density at radius 2 is 2.00 bits per heavy atom. The molecule has 0 spiro atoms. The number of carbonyl (C=O) groups is 2. The summed E-state index contributed by atoms with van der Waals surface area (Å²) in [6.45, 7) is 1.29. The molecule has 1 saturated heterocycles. The lowest BCUT2D eigenvalue weighted by atomic mass is 10.1. The third kappa shape index (κ3) is 4.08. The van der Waals surface area contributed by atoms with Crippen LogP contribution in [0.1, 0.15) is 0 Å². The van der Waals surface area contributed by atoms with Crippen LogP contribution in [-0.2, 0) is 15.6 Å². The summed E-state index contributed by atoms with van der Waals surface area (Å²) in [5, 5.41) is 4.26. The predicted octanol–water partition coefficient (Wildman–Crippen LogP) is 1.30. The first-order valence-corrected chi connectivity index (χ1v) is 9.37.